The van der Waals surface area contributed by atoms with Crippen LogP contribution in [0.1, 0.15) is 406 Å². The predicted molar refractivity (Wildman–Crippen MR) is 347 cm³/mol. The lowest BCUT2D eigenvalue weighted by Crippen LogP contribution is -2.45. The molecule has 1 amide bonds. The van der Waals surface area contributed by atoms with Crippen LogP contribution < -0.4 is 5.32 Å². The van der Waals surface area contributed by atoms with Crippen molar-refractivity contribution >= 4 is 11.9 Å². The van der Waals surface area contributed by atoms with Crippen LogP contribution in [0.25, 0.3) is 0 Å². The van der Waals surface area contributed by atoms with Gasteiger partial charge in [0.2, 0.25) is 5.91 Å². The first-order chi connectivity index (χ1) is 39.0. The topological polar surface area (TPSA) is 95.9 Å². The molecule has 0 aromatic rings. The molecule has 2 atom stereocenters. The number of hydrogen-bond acceptors (Lipinski definition) is 5. The van der Waals surface area contributed by atoms with E-state index >= 15 is 0 Å². The van der Waals surface area contributed by atoms with Gasteiger partial charge in [-0.3, -0.25) is 9.59 Å². The molecule has 6 nitrogen and oxygen atoms in total. The summed E-state index contributed by atoms with van der Waals surface area (Å²) in [5.41, 5.74) is 0. The SMILES string of the molecule is CCCCCCCC/C=C\CCCCCCCCCCCC(=O)OCCCCCCCCCCC/C=C\CCCCCCCC(=O)NC(CO)C(O)CCCCCCCCCCCCCCCCCCCCCCCCCCC. The summed E-state index contributed by atoms with van der Waals surface area (Å²) < 4.78 is 5.50. The number of carbonyl (C=O) groups is 2. The number of allylic oxidation sites excluding steroid dienone is 4. The van der Waals surface area contributed by atoms with Crippen LogP contribution in [0.15, 0.2) is 24.3 Å². The number of amides is 1. The lowest BCUT2D eigenvalue weighted by atomic mass is 10.0. The van der Waals surface area contributed by atoms with E-state index in [0.717, 1.165) is 57.8 Å². The molecule has 79 heavy (non-hydrogen) atoms. The van der Waals surface area contributed by atoms with Gasteiger partial charge in [-0.2, -0.15) is 0 Å². The van der Waals surface area contributed by atoms with Crippen LogP contribution in [-0.2, 0) is 14.3 Å². The highest BCUT2D eigenvalue weighted by molar-refractivity contribution is 5.76. The Labute approximate surface area is 494 Å². The van der Waals surface area contributed by atoms with Gasteiger partial charge in [0, 0.05) is 12.8 Å². The number of rotatable bonds is 68. The molecule has 0 rings (SSSR count). The van der Waals surface area contributed by atoms with E-state index in [4.69, 9.17) is 4.74 Å². The van der Waals surface area contributed by atoms with Gasteiger partial charge < -0.3 is 20.3 Å². The van der Waals surface area contributed by atoms with E-state index in [2.05, 4.69) is 43.5 Å². The van der Waals surface area contributed by atoms with Crippen LogP contribution in [0.4, 0.5) is 0 Å². The highest BCUT2D eigenvalue weighted by Gasteiger charge is 2.20. The summed E-state index contributed by atoms with van der Waals surface area (Å²) in [4.78, 5) is 24.7. The third-order valence-electron chi connectivity index (χ3n) is 17.0. The first kappa shape index (κ1) is 77.3. The fourth-order valence-corrected chi connectivity index (χ4v) is 11.5. The lowest BCUT2D eigenvalue weighted by molar-refractivity contribution is -0.143. The predicted octanol–water partition coefficient (Wildman–Crippen LogP) is 23.3. The Bertz CT molecular complexity index is 1230. The lowest BCUT2D eigenvalue weighted by Gasteiger charge is -2.22. The fraction of sp³-hybridized carbons (Fsp3) is 0.918. The molecular weight excluding hydrogens is 971 g/mol. The first-order valence-corrected chi connectivity index (χ1v) is 36.1. The summed E-state index contributed by atoms with van der Waals surface area (Å²) in [6, 6.07) is -0.553. The monoisotopic (exact) mass is 1110 g/mol. The molecule has 0 spiro atoms. The average Bonchev–Trinajstić information content (AvgIpc) is 3.45. The summed E-state index contributed by atoms with van der Waals surface area (Å²) in [5, 5.41) is 23.4. The summed E-state index contributed by atoms with van der Waals surface area (Å²) in [5.74, 6) is -0.0406. The van der Waals surface area contributed by atoms with Crippen molar-refractivity contribution in [3.63, 3.8) is 0 Å². The Hall–Kier alpha value is -1.66. The molecule has 0 saturated heterocycles. The maximum Gasteiger partial charge on any atom is 0.305 e. The summed E-state index contributed by atoms with van der Waals surface area (Å²) in [6.45, 7) is 4.97. The molecule has 0 aliphatic rings. The second-order valence-corrected chi connectivity index (χ2v) is 24.9. The highest BCUT2D eigenvalue weighted by atomic mass is 16.5. The number of aliphatic hydroxyl groups excluding tert-OH is 2. The second-order valence-electron chi connectivity index (χ2n) is 24.9. The number of aliphatic hydroxyl groups is 2. The van der Waals surface area contributed by atoms with Crippen LogP contribution in [0, 0.1) is 0 Å². The van der Waals surface area contributed by atoms with Crippen LogP contribution in [0.2, 0.25) is 0 Å². The standard InChI is InChI=1S/C73H141NO5/c1-3-5-7-9-11-13-15-17-19-21-23-24-25-26-27-28-30-33-37-41-45-49-53-57-61-65-71(76)70(69-75)74-72(77)66-62-58-54-50-46-42-38-34-31-32-36-40-44-48-52-56-60-64-68-79-73(78)67-63-59-55-51-47-43-39-35-29-22-20-18-16-14-12-10-8-6-4-2/h18,20,34,38,70-71,75-76H,3-17,19,21-33,35-37,39-69H2,1-2H3,(H,74,77)/b20-18-,38-34-. The van der Waals surface area contributed by atoms with Gasteiger partial charge in [-0.25, -0.2) is 0 Å². The van der Waals surface area contributed by atoms with E-state index in [-0.39, 0.29) is 18.5 Å². The normalized spacial score (nSPS) is 12.6. The molecule has 468 valence electrons. The minimum absolute atomic E-state index is 0.00386. The molecule has 0 aliphatic heterocycles. The van der Waals surface area contributed by atoms with Gasteiger partial charge >= 0.3 is 5.97 Å². The molecular formula is C73H141NO5. The van der Waals surface area contributed by atoms with Gasteiger partial charge in [-0.05, 0) is 77.0 Å². The quantitative estimate of drug-likeness (QED) is 0.0320. The van der Waals surface area contributed by atoms with Gasteiger partial charge in [-0.15, -0.1) is 0 Å². The van der Waals surface area contributed by atoms with Crippen molar-refractivity contribution in [1.82, 2.24) is 5.32 Å². The van der Waals surface area contributed by atoms with Crippen molar-refractivity contribution in [2.45, 2.75) is 418 Å². The zero-order chi connectivity index (χ0) is 57.1. The maximum absolute atomic E-state index is 12.6. The van der Waals surface area contributed by atoms with Gasteiger partial charge in [0.25, 0.3) is 0 Å². The molecule has 0 aliphatic carbocycles. The summed E-state index contributed by atoms with van der Waals surface area (Å²) >= 11 is 0. The van der Waals surface area contributed by atoms with E-state index in [1.54, 1.807) is 0 Å². The van der Waals surface area contributed by atoms with Gasteiger partial charge in [0.05, 0.1) is 25.4 Å². The molecule has 2 unspecified atom stereocenters. The Balaban J connectivity index is 3.42. The van der Waals surface area contributed by atoms with Crippen molar-refractivity contribution in [2.24, 2.45) is 0 Å². The molecule has 0 bridgehead atoms. The molecule has 0 radical (unpaired) electrons. The largest absolute Gasteiger partial charge is 0.466 e. The zero-order valence-corrected chi connectivity index (χ0v) is 53.6. The van der Waals surface area contributed by atoms with E-state index in [1.807, 2.05) is 0 Å². The molecule has 0 aromatic heterocycles. The second kappa shape index (κ2) is 68.8. The number of carbonyl (C=O) groups excluding carboxylic acids is 2. The fourth-order valence-electron chi connectivity index (χ4n) is 11.5. The third-order valence-corrected chi connectivity index (χ3v) is 17.0. The molecule has 3 N–H and O–H groups in total. The third kappa shape index (κ3) is 65.4. The van der Waals surface area contributed by atoms with Crippen molar-refractivity contribution < 1.29 is 24.5 Å². The van der Waals surface area contributed by atoms with E-state index in [9.17, 15) is 19.8 Å². The van der Waals surface area contributed by atoms with E-state index < -0.39 is 12.1 Å². The van der Waals surface area contributed by atoms with Crippen LogP contribution in [0.3, 0.4) is 0 Å². The molecule has 6 heteroatoms. The molecule has 0 fully saturated rings. The number of unbranched alkanes of at least 4 members (excludes halogenated alkanes) is 53. The maximum atomic E-state index is 12.6. The van der Waals surface area contributed by atoms with Crippen molar-refractivity contribution in [1.29, 1.82) is 0 Å². The Morgan fingerprint density at radius 3 is 0.899 bits per heavy atom. The number of hydrogen-bond donors (Lipinski definition) is 3. The molecule has 0 saturated carbocycles. The van der Waals surface area contributed by atoms with Crippen molar-refractivity contribution in [3.05, 3.63) is 24.3 Å². The van der Waals surface area contributed by atoms with Gasteiger partial charge in [-0.1, -0.05) is 340 Å². The average molecular weight is 1110 g/mol. The highest BCUT2D eigenvalue weighted by Crippen LogP contribution is 2.19. The van der Waals surface area contributed by atoms with Crippen LogP contribution >= 0.6 is 0 Å². The molecule has 0 heterocycles. The Morgan fingerprint density at radius 2 is 0.595 bits per heavy atom. The van der Waals surface area contributed by atoms with E-state index in [0.29, 0.717) is 25.9 Å². The van der Waals surface area contributed by atoms with Gasteiger partial charge in [0.1, 0.15) is 0 Å². The number of nitrogens with one attached hydrogen (secondary N) is 1. The van der Waals surface area contributed by atoms with Crippen molar-refractivity contribution in [3.8, 4) is 0 Å². The van der Waals surface area contributed by atoms with Crippen LogP contribution in [0.5, 0.6) is 0 Å². The summed E-state index contributed by atoms with van der Waals surface area (Å²) in [6.07, 6.45) is 86.5. The minimum atomic E-state index is -0.675. The van der Waals surface area contributed by atoms with E-state index in [1.165, 1.54) is 315 Å². The summed E-state index contributed by atoms with van der Waals surface area (Å²) in [7, 11) is 0. The first-order valence-electron chi connectivity index (χ1n) is 36.1. The van der Waals surface area contributed by atoms with Crippen molar-refractivity contribution in [2.75, 3.05) is 13.2 Å². The zero-order valence-electron chi connectivity index (χ0n) is 53.6. The number of esters is 1. The number of ether oxygens (including phenoxy) is 1. The Kier molecular flexibility index (Phi) is 67.4. The van der Waals surface area contributed by atoms with Crippen LogP contribution in [-0.4, -0.2) is 47.4 Å². The molecule has 0 aromatic carbocycles. The van der Waals surface area contributed by atoms with Gasteiger partial charge in [0.15, 0.2) is 0 Å². The smallest absolute Gasteiger partial charge is 0.305 e. The minimum Gasteiger partial charge on any atom is -0.466 e. The Morgan fingerprint density at radius 1 is 0.342 bits per heavy atom.